The van der Waals surface area contributed by atoms with Crippen molar-refractivity contribution in [1.82, 2.24) is 10.3 Å². The first-order valence-corrected chi connectivity index (χ1v) is 7.20. The van der Waals surface area contributed by atoms with E-state index in [0.717, 1.165) is 5.56 Å². The van der Waals surface area contributed by atoms with Crippen LogP contribution in [0.25, 0.3) is 0 Å². The molecule has 1 amide bonds. The fourth-order valence-electron chi connectivity index (χ4n) is 2.11. The minimum atomic E-state index is -0.605. The quantitative estimate of drug-likeness (QED) is 0.744. The molecule has 0 bridgehead atoms. The summed E-state index contributed by atoms with van der Waals surface area (Å²) in [6.07, 6.45) is 1.52. The van der Waals surface area contributed by atoms with E-state index in [-0.39, 0.29) is 11.9 Å². The molecule has 3 N–H and O–H groups in total. The third-order valence-electron chi connectivity index (χ3n) is 3.20. The Hall–Kier alpha value is -1.98. The van der Waals surface area contributed by atoms with Crippen molar-refractivity contribution in [2.24, 2.45) is 0 Å². The van der Waals surface area contributed by atoms with Crippen molar-refractivity contribution in [1.29, 1.82) is 0 Å². The van der Waals surface area contributed by atoms with E-state index in [1.807, 2.05) is 37.3 Å². The molecular weight excluding hydrogens is 284 g/mol. The zero-order valence-electron chi connectivity index (χ0n) is 11.7. The van der Waals surface area contributed by atoms with Gasteiger partial charge in [0.25, 0.3) is 5.91 Å². The molecule has 0 radical (unpaired) electrons. The number of aromatic amines is 1. The highest BCUT2D eigenvalue weighted by Crippen LogP contribution is 2.17. The van der Waals surface area contributed by atoms with Crippen molar-refractivity contribution in [3.05, 3.63) is 64.4 Å². The van der Waals surface area contributed by atoms with Gasteiger partial charge < -0.3 is 15.4 Å². The zero-order valence-corrected chi connectivity index (χ0v) is 12.6. The number of amides is 1. The summed E-state index contributed by atoms with van der Waals surface area (Å²) in [5.41, 5.74) is 1.28. The van der Waals surface area contributed by atoms with Gasteiger partial charge in [-0.25, -0.2) is 0 Å². The lowest BCUT2D eigenvalue weighted by atomic mass is 10.0. The van der Waals surface area contributed by atoms with Gasteiger partial charge in [0.2, 0.25) is 0 Å². The van der Waals surface area contributed by atoms with Gasteiger partial charge in [0.15, 0.2) is 0 Å². The molecule has 2 atom stereocenters. The molecule has 0 unspecified atom stereocenters. The standard InChI is InChI=1S/C16H18N2O2S/c1-11(10-14(19)12-6-3-2-4-7-12)18-15(20)13-8-5-9-17-16(13)21/h2-9,11,14,19H,10H2,1H3,(H,17,21)(H,18,20)/t11-,14+/m1/s1. The molecule has 21 heavy (non-hydrogen) atoms. The Bertz CT molecular complexity index is 655. The van der Waals surface area contributed by atoms with Crippen LogP contribution >= 0.6 is 12.2 Å². The molecule has 1 aromatic carbocycles. The molecule has 2 aromatic rings. The number of hydrogen-bond donors (Lipinski definition) is 3. The van der Waals surface area contributed by atoms with Crippen LogP contribution in [0.1, 0.15) is 35.4 Å². The fraction of sp³-hybridized carbons (Fsp3) is 0.250. The van der Waals surface area contributed by atoms with Crippen LogP contribution in [0.15, 0.2) is 48.7 Å². The predicted molar refractivity (Wildman–Crippen MR) is 84.6 cm³/mol. The molecule has 1 heterocycles. The number of benzene rings is 1. The number of rotatable bonds is 5. The summed E-state index contributed by atoms with van der Waals surface area (Å²) in [5.74, 6) is -0.232. The third kappa shape index (κ3) is 4.24. The molecule has 5 heteroatoms. The van der Waals surface area contributed by atoms with Crippen molar-refractivity contribution in [3.63, 3.8) is 0 Å². The molecule has 0 aliphatic rings. The number of nitrogens with one attached hydrogen (secondary N) is 2. The number of carbonyl (C=O) groups is 1. The third-order valence-corrected chi connectivity index (χ3v) is 3.54. The van der Waals surface area contributed by atoms with E-state index < -0.39 is 6.10 Å². The Balaban J connectivity index is 1.96. The summed E-state index contributed by atoms with van der Waals surface area (Å²) in [6.45, 7) is 1.86. The molecular formula is C16H18N2O2S. The number of hydrogen-bond acceptors (Lipinski definition) is 3. The lowest BCUT2D eigenvalue weighted by Crippen LogP contribution is -2.34. The Morgan fingerprint density at radius 2 is 2.00 bits per heavy atom. The highest BCUT2D eigenvalue weighted by molar-refractivity contribution is 7.71. The molecule has 0 spiro atoms. The molecule has 4 nitrogen and oxygen atoms in total. The number of H-pyrrole nitrogens is 1. The number of carbonyl (C=O) groups excluding carboxylic acids is 1. The number of aliphatic hydroxyl groups is 1. The monoisotopic (exact) mass is 302 g/mol. The molecule has 0 saturated carbocycles. The number of aromatic nitrogens is 1. The largest absolute Gasteiger partial charge is 0.388 e. The zero-order chi connectivity index (χ0) is 15.2. The second-order valence-corrected chi connectivity index (χ2v) is 5.36. The first kappa shape index (κ1) is 15.4. The molecule has 0 aliphatic carbocycles. The van der Waals surface area contributed by atoms with Crippen LogP contribution in [0.4, 0.5) is 0 Å². The van der Waals surface area contributed by atoms with E-state index in [2.05, 4.69) is 10.3 Å². The first-order chi connectivity index (χ1) is 10.1. The van der Waals surface area contributed by atoms with Crippen LogP contribution in [-0.2, 0) is 0 Å². The van der Waals surface area contributed by atoms with Crippen LogP contribution in [0.5, 0.6) is 0 Å². The van der Waals surface area contributed by atoms with Gasteiger partial charge in [-0.1, -0.05) is 42.5 Å². The topological polar surface area (TPSA) is 65.1 Å². The molecule has 0 fully saturated rings. The van der Waals surface area contributed by atoms with Crippen molar-refractivity contribution >= 4 is 18.1 Å². The minimum absolute atomic E-state index is 0.165. The summed E-state index contributed by atoms with van der Waals surface area (Å²) in [6, 6.07) is 12.6. The molecule has 0 aliphatic heterocycles. The molecule has 2 rings (SSSR count). The van der Waals surface area contributed by atoms with E-state index in [0.29, 0.717) is 16.6 Å². The maximum atomic E-state index is 12.1. The van der Waals surface area contributed by atoms with Gasteiger partial charge in [0.1, 0.15) is 4.64 Å². The highest BCUT2D eigenvalue weighted by Gasteiger charge is 2.15. The lowest BCUT2D eigenvalue weighted by molar-refractivity contribution is 0.0916. The smallest absolute Gasteiger partial charge is 0.254 e. The highest BCUT2D eigenvalue weighted by atomic mass is 32.1. The maximum Gasteiger partial charge on any atom is 0.254 e. The first-order valence-electron chi connectivity index (χ1n) is 6.79. The molecule has 0 saturated heterocycles. The van der Waals surface area contributed by atoms with Crippen LogP contribution in [0.2, 0.25) is 0 Å². The Kier molecular flexibility index (Phi) is 5.25. The number of pyridine rings is 1. The van der Waals surface area contributed by atoms with Gasteiger partial charge >= 0.3 is 0 Å². The Morgan fingerprint density at radius 3 is 2.67 bits per heavy atom. The van der Waals surface area contributed by atoms with E-state index in [1.54, 1.807) is 18.3 Å². The van der Waals surface area contributed by atoms with Crippen molar-refractivity contribution < 1.29 is 9.90 Å². The van der Waals surface area contributed by atoms with Gasteiger partial charge in [-0.05, 0) is 31.0 Å². The van der Waals surface area contributed by atoms with Gasteiger partial charge in [0, 0.05) is 12.2 Å². The SMILES string of the molecule is C[C@H](C[C@H](O)c1ccccc1)NC(=O)c1ccc[nH]c1=S. The van der Waals surface area contributed by atoms with Gasteiger partial charge in [0.05, 0.1) is 11.7 Å². The summed E-state index contributed by atoms with van der Waals surface area (Å²) in [5, 5.41) is 13.0. The summed E-state index contributed by atoms with van der Waals surface area (Å²) in [7, 11) is 0. The van der Waals surface area contributed by atoms with Crippen molar-refractivity contribution in [2.75, 3.05) is 0 Å². The summed E-state index contributed by atoms with van der Waals surface area (Å²) >= 11 is 5.08. The summed E-state index contributed by atoms with van der Waals surface area (Å²) in [4.78, 5) is 14.9. The maximum absolute atomic E-state index is 12.1. The van der Waals surface area contributed by atoms with E-state index in [1.165, 1.54) is 0 Å². The minimum Gasteiger partial charge on any atom is -0.388 e. The van der Waals surface area contributed by atoms with Crippen molar-refractivity contribution in [3.8, 4) is 0 Å². The van der Waals surface area contributed by atoms with E-state index in [4.69, 9.17) is 12.2 Å². The average Bonchev–Trinajstić information content (AvgIpc) is 2.48. The van der Waals surface area contributed by atoms with Crippen LogP contribution in [0.3, 0.4) is 0 Å². The fourth-order valence-corrected chi connectivity index (χ4v) is 2.34. The van der Waals surface area contributed by atoms with Gasteiger partial charge in [-0.15, -0.1) is 0 Å². The predicted octanol–water partition coefficient (Wildman–Crippen LogP) is 2.99. The van der Waals surface area contributed by atoms with E-state index in [9.17, 15) is 9.90 Å². The van der Waals surface area contributed by atoms with Crippen LogP contribution < -0.4 is 5.32 Å². The van der Waals surface area contributed by atoms with Gasteiger partial charge in [-0.2, -0.15) is 0 Å². The Morgan fingerprint density at radius 1 is 1.29 bits per heavy atom. The van der Waals surface area contributed by atoms with E-state index >= 15 is 0 Å². The van der Waals surface area contributed by atoms with Gasteiger partial charge in [-0.3, -0.25) is 4.79 Å². The summed E-state index contributed by atoms with van der Waals surface area (Å²) < 4.78 is 0.408. The van der Waals surface area contributed by atoms with Crippen LogP contribution in [0, 0.1) is 4.64 Å². The lowest BCUT2D eigenvalue weighted by Gasteiger charge is -2.18. The second-order valence-electron chi connectivity index (χ2n) is 4.95. The molecule has 110 valence electrons. The number of aliphatic hydroxyl groups excluding tert-OH is 1. The average molecular weight is 302 g/mol. The molecule has 1 aromatic heterocycles. The second kappa shape index (κ2) is 7.15. The van der Waals surface area contributed by atoms with Crippen molar-refractivity contribution in [2.45, 2.75) is 25.5 Å². The Labute approximate surface area is 128 Å². The van der Waals surface area contributed by atoms with Crippen LogP contribution in [-0.4, -0.2) is 22.0 Å². The normalized spacial score (nSPS) is 13.4.